The maximum absolute atomic E-state index is 5.59. The largest absolute Gasteiger partial charge is 0.375 e. The zero-order valence-electron chi connectivity index (χ0n) is 10.4. The molecule has 0 bridgehead atoms. The third-order valence-corrected chi connectivity index (χ3v) is 3.69. The number of imidazole rings is 1. The molecule has 2 heterocycles. The van der Waals surface area contributed by atoms with Crippen molar-refractivity contribution in [1.29, 1.82) is 0 Å². The minimum atomic E-state index is -0.264. The quantitative estimate of drug-likeness (QED) is 0.791. The summed E-state index contributed by atoms with van der Waals surface area (Å²) < 4.78 is 13.0. The lowest BCUT2D eigenvalue weighted by molar-refractivity contribution is -0.202. The van der Waals surface area contributed by atoms with Gasteiger partial charge in [0, 0.05) is 14.2 Å². The fraction of sp³-hybridized carbons (Fsp3) is 0.462. The highest BCUT2D eigenvalue weighted by molar-refractivity contribution is 5.77. The highest BCUT2D eigenvalue weighted by Crippen LogP contribution is 2.34. The first-order valence-electron chi connectivity index (χ1n) is 5.73. The summed E-state index contributed by atoms with van der Waals surface area (Å²) in [6, 6.07) is 6.31. The first kappa shape index (κ1) is 10.7. The number of rotatable bonds is 2. The fourth-order valence-electron chi connectivity index (χ4n) is 2.29. The lowest BCUT2D eigenvalue weighted by Crippen LogP contribution is -2.48. The van der Waals surface area contributed by atoms with E-state index in [1.54, 1.807) is 7.11 Å². The number of benzene rings is 1. The summed E-state index contributed by atoms with van der Waals surface area (Å²) >= 11 is 0. The summed E-state index contributed by atoms with van der Waals surface area (Å²) in [5.41, 5.74) is 3.06. The molecule has 0 atom stereocenters. The van der Waals surface area contributed by atoms with Crippen molar-refractivity contribution in [3.63, 3.8) is 0 Å². The lowest BCUT2D eigenvalue weighted by atomic mass is 9.91. The molecule has 0 unspecified atom stereocenters. The van der Waals surface area contributed by atoms with Gasteiger partial charge < -0.3 is 14.0 Å². The molecule has 0 saturated carbocycles. The molecule has 0 spiro atoms. The summed E-state index contributed by atoms with van der Waals surface area (Å²) in [4.78, 5) is 4.55. The number of fused-ring (bicyclic) bond motifs is 1. The second-order valence-electron chi connectivity index (χ2n) is 4.61. The molecule has 1 aliphatic heterocycles. The highest BCUT2D eigenvalue weighted by Gasteiger charge is 2.40. The molecule has 17 heavy (non-hydrogen) atoms. The Bertz CT molecular complexity index is 565. The van der Waals surface area contributed by atoms with E-state index in [-0.39, 0.29) is 5.60 Å². The first-order chi connectivity index (χ1) is 8.16. The van der Waals surface area contributed by atoms with Gasteiger partial charge >= 0.3 is 0 Å². The Labute approximate surface area is 100 Å². The maximum atomic E-state index is 5.59. The van der Waals surface area contributed by atoms with E-state index in [1.165, 1.54) is 0 Å². The molecule has 1 aromatic carbocycles. The van der Waals surface area contributed by atoms with Crippen molar-refractivity contribution in [3.8, 4) is 0 Å². The summed E-state index contributed by atoms with van der Waals surface area (Å²) in [5.74, 6) is 1.02. The van der Waals surface area contributed by atoms with E-state index >= 15 is 0 Å². The van der Waals surface area contributed by atoms with E-state index in [0.29, 0.717) is 13.2 Å². The van der Waals surface area contributed by atoms with Crippen LogP contribution in [0.15, 0.2) is 18.2 Å². The topological polar surface area (TPSA) is 36.3 Å². The van der Waals surface area contributed by atoms with Gasteiger partial charge in [-0.25, -0.2) is 4.98 Å². The van der Waals surface area contributed by atoms with E-state index in [4.69, 9.17) is 9.47 Å². The number of hydrogen-bond acceptors (Lipinski definition) is 3. The monoisotopic (exact) mass is 232 g/mol. The minimum Gasteiger partial charge on any atom is -0.375 e. The number of aryl methyl sites for hydroxylation is 2. The molecule has 1 aliphatic rings. The van der Waals surface area contributed by atoms with Crippen LogP contribution in [0.3, 0.4) is 0 Å². The van der Waals surface area contributed by atoms with Crippen LogP contribution in [0.1, 0.15) is 11.4 Å². The van der Waals surface area contributed by atoms with E-state index in [2.05, 4.69) is 27.8 Å². The summed E-state index contributed by atoms with van der Waals surface area (Å²) in [5, 5.41) is 0. The van der Waals surface area contributed by atoms with Gasteiger partial charge in [0.2, 0.25) is 0 Å². The van der Waals surface area contributed by atoms with Crippen LogP contribution >= 0.6 is 0 Å². The minimum absolute atomic E-state index is 0.264. The molecule has 3 rings (SSSR count). The van der Waals surface area contributed by atoms with Gasteiger partial charge in [0.15, 0.2) is 0 Å². The van der Waals surface area contributed by atoms with Gasteiger partial charge in [-0.05, 0) is 24.6 Å². The van der Waals surface area contributed by atoms with E-state index in [1.807, 2.05) is 14.0 Å². The normalized spacial score (nSPS) is 18.3. The fourth-order valence-corrected chi connectivity index (χ4v) is 2.29. The van der Waals surface area contributed by atoms with Gasteiger partial charge in [0.05, 0.1) is 24.2 Å². The van der Waals surface area contributed by atoms with E-state index in [9.17, 15) is 0 Å². The van der Waals surface area contributed by atoms with Crippen LogP contribution in [0.2, 0.25) is 0 Å². The lowest BCUT2D eigenvalue weighted by Gasteiger charge is -2.40. The van der Waals surface area contributed by atoms with Crippen molar-refractivity contribution >= 4 is 11.0 Å². The first-order valence-corrected chi connectivity index (χ1v) is 5.73. The van der Waals surface area contributed by atoms with Gasteiger partial charge in [0.25, 0.3) is 0 Å². The third-order valence-electron chi connectivity index (χ3n) is 3.69. The summed E-state index contributed by atoms with van der Waals surface area (Å²) in [6.45, 7) is 3.26. The van der Waals surface area contributed by atoms with Crippen molar-refractivity contribution in [2.75, 3.05) is 20.3 Å². The average Bonchev–Trinajstić information content (AvgIpc) is 2.54. The van der Waals surface area contributed by atoms with Crippen molar-refractivity contribution in [1.82, 2.24) is 9.55 Å². The Morgan fingerprint density at radius 2 is 2.18 bits per heavy atom. The second kappa shape index (κ2) is 3.55. The van der Waals surface area contributed by atoms with Gasteiger partial charge in [-0.15, -0.1) is 0 Å². The van der Waals surface area contributed by atoms with Crippen LogP contribution in [-0.4, -0.2) is 29.9 Å². The summed E-state index contributed by atoms with van der Waals surface area (Å²) in [7, 11) is 3.76. The molecule has 4 nitrogen and oxygen atoms in total. The highest BCUT2D eigenvalue weighted by atomic mass is 16.6. The molecular weight excluding hydrogens is 216 g/mol. The molecule has 0 N–H and O–H groups in total. The maximum Gasteiger partial charge on any atom is 0.139 e. The van der Waals surface area contributed by atoms with E-state index < -0.39 is 0 Å². The van der Waals surface area contributed by atoms with Gasteiger partial charge in [-0.1, -0.05) is 6.07 Å². The van der Waals surface area contributed by atoms with Crippen molar-refractivity contribution in [2.24, 2.45) is 7.05 Å². The van der Waals surface area contributed by atoms with Gasteiger partial charge in [-0.3, -0.25) is 0 Å². The molecule has 90 valence electrons. The van der Waals surface area contributed by atoms with Crippen LogP contribution < -0.4 is 0 Å². The van der Waals surface area contributed by atoms with E-state index in [0.717, 1.165) is 22.4 Å². The number of hydrogen-bond donors (Lipinski definition) is 0. The average molecular weight is 232 g/mol. The van der Waals surface area contributed by atoms with Gasteiger partial charge in [0.1, 0.15) is 11.4 Å². The van der Waals surface area contributed by atoms with Crippen molar-refractivity contribution in [2.45, 2.75) is 12.5 Å². The Hall–Kier alpha value is -1.39. The number of aromatic nitrogens is 2. The third kappa shape index (κ3) is 1.41. The van der Waals surface area contributed by atoms with Crippen LogP contribution in [0.25, 0.3) is 11.0 Å². The Balaban J connectivity index is 2.13. The van der Waals surface area contributed by atoms with Crippen LogP contribution in [-0.2, 0) is 22.1 Å². The van der Waals surface area contributed by atoms with Crippen molar-refractivity contribution in [3.05, 3.63) is 29.6 Å². The number of ether oxygens (including phenoxy) is 2. The zero-order valence-corrected chi connectivity index (χ0v) is 10.4. The predicted molar refractivity (Wildman–Crippen MR) is 65.0 cm³/mol. The Kier molecular flexibility index (Phi) is 2.24. The molecule has 0 aliphatic carbocycles. The second-order valence-corrected chi connectivity index (χ2v) is 4.61. The Morgan fingerprint density at radius 3 is 2.76 bits per heavy atom. The molecule has 0 amide bonds. The van der Waals surface area contributed by atoms with Crippen LogP contribution in [0.5, 0.6) is 0 Å². The zero-order chi connectivity index (χ0) is 12.0. The van der Waals surface area contributed by atoms with Gasteiger partial charge in [-0.2, -0.15) is 0 Å². The van der Waals surface area contributed by atoms with Crippen molar-refractivity contribution < 1.29 is 9.47 Å². The molecule has 0 radical (unpaired) electrons. The molecular formula is C13H16N2O2. The number of nitrogens with zero attached hydrogens (tertiary/aromatic N) is 2. The molecule has 1 saturated heterocycles. The standard InChI is InChI=1S/C13H16N2O2/c1-9-14-11-6-10(4-5-12(11)15(9)2)13(16-3)7-17-8-13/h4-6H,7-8H2,1-3H3. The number of methoxy groups -OCH3 is 1. The summed E-state index contributed by atoms with van der Waals surface area (Å²) in [6.07, 6.45) is 0. The molecule has 1 aromatic heterocycles. The molecule has 4 heteroatoms. The van der Waals surface area contributed by atoms with Crippen LogP contribution in [0.4, 0.5) is 0 Å². The smallest absolute Gasteiger partial charge is 0.139 e. The molecule has 1 fully saturated rings. The van der Waals surface area contributed by atoms with Crippen LogP contribution in [0, 0.1) is 6.92 Å². The SMILES string of the molecule is COC1(c2ccc3c(c2)nc(C)n3C)COC1. The molecule has 2 aromatic rings. The predicted octanol–water partition coefficient (Wildman–Crippen LogP) is 1.75. The Morgan fingerprint density at radius 1 is 1.41 bits per heavy atom.